The maximum absolute atomic E-state index is 4.62. The normalized spacial score (nSPS) is 20.0. The highest BCUT2D eigenvalue weighted by Gasteiger charge is 2.22. The van der Waals surface area contributed by atoms with Gasteiger partial charge in [0.25, 0.3) is 0 Å². The maximum atomic E-state index is 4.62. The van der Waals surface area contributed by atoms with Crippen molar-refractivity contribution in [3.05, 3.63) is 23.9 Å². The van der Waals surface area contributed by atoms with Crippen molar-refractivity contribution >= 4 is 17.6 Å². The van der Waals surface area contributed by atoms with Gasteiger partial charge in [0, 0.05) is 38.1 Å². The minimum absolute atomic E-state index is 0.669. The number of aromatic nitrogens is 1. The first-order valence-electron chi connectivity index (χ1n) is 7.99. The number of thioether (sulfide) groups is 1. The van der Waals surface area contributed by atoms with Gasteiger partial charge in [0.2, 0.25) is 0 Å². The molecule has 0 spiro atoms. The van der Waals surface area contributed by atoms with E-state index in [9.17, 15) is 0 Å². The van der Waals surface area contributed by atoms with Crippen molar-refractivity contribution < 1.29 is 0 Å². The summed E-state index contributed by atoms with van der Waals surface area (Å²) in [5.41, 5.74) is 1.31. The van der Waals surface area contributed by atoms with Crippen LogP contribution >= 0.6 is 11.8 Å². The summed E-state index contributed by atoms with van der Waals surface area (Å²) in [6.45, 7) is 8.21. The molecule has 0 unspecified atom stereocenters. The first kappa shape index (κ1) is 16.6. The molecule has 0 N–H and O–H groups in total. The highest BCUT2D eigenvalue weighted by molar-refractivity contribution is 7.97. The minimum Gasteiger partial charge on any atom is -0.359 e. The molecule has 0 bridgehead atoms. The lowest BCUT2D eigenvalue weighted by Crippen LogP contribution is -2.43. The Balaban J connectivity index is 1.89. The van der Waals surface area contributed by atoms with E-state index in [0.717, 1.165) is 24.0 Å². The molecule has 1 aromatic heterocycles. The number of anilines is 1. The van der Waals surface area contributed by atoms with Gasteiger partial charge in [0.15, 0.2) is 0 Å². The van der Waals surface area contributed by atoms with Gasteiger partial charge in [-0.25, -0.2) is 4.98 Å². The lowest BCUT2D eigenvalue weighted by molar-refractivity contribution is 0.142. The third kappa shape index (κ3) is 4.89. The van der Waals surface area contributed by atoms with E-state index in [2.05, 4.69) is 54.1 Å². The largest absolute Gasteiger partial charge is 0.359 e. The number of rotatable bonds is 6. The van der Waals surface area contributed by atoms with Crippen LogP contribution in [0, 0.1) is 5.92 Å². The molecule has 2 rings (SSSR count). The number of pyridine rings is 1. The van der Waals surface area contributed by atoms with Gasteiger partial charge in [-0.15, -0.1) is 0 Å². The second-order valence-electron chi connectivity index (χ2n) is 6.44. The van der Waals surface area contributed by atoms with Gasteiger partial charge in [-0.2, -0.15) is 11.8 Å². The summed E-state index contributed by atoms with van der Waals surface area (Å²) in [6.07, 6.45) is 6.82. The lowest BCUT2D eigenvalue weighted by Gasteiger charge is -2.37. The van der Waals surface area contributed by atoms with Gasteiger partial charge in [-0.05, 0) is 57.0 Å². The van der Waals surface area contributed by atoms with E-state index in [4.69, 9.17) is 0 Å². The highest BCUT2D eigenvalue weighted by atomic mass is 32.2. The van der Waals surface area contributed by atoms with Gasteiger partial charge >= 0.3 is 0 Å². The Morgan fingerprint density at radius 2 is 2.24 bits per heavy atom. The van der Waals surface area contributed by atoms with Crippen LogP contribution in [0.15, 0.2) is 18.3 Å². The van der Waals surface area contributed by atoms with Gasteiger partial charge < -0.3 is 9.80 Å². The summed E-state index contributed by atoms with van der Waals surface area (Å²) in [7, 11) is 2.17. The number of hydrogen-bond donors (Lipinski definition) is 0. The second kappa shape index (κ2) is 8.04. The van der Waals surface area contributed by atoms with Crippen LogP contribution in [0.4, 0.5) is 5.82 Å². The third-order valence-corrected chi connectivity index (χ3v) is 4.95. The monoisotopic (exact) mass is 307 g/mol. The quantitative estimate of drug-likeness (QED) is 0.801. The molecule has 0 saturated carbocycles. The molecular weight excluding hydrogens is 278 g/mol. The Bertz CT molecular complexity index is 419. The Morgan fingerprint density at radius 3 is 2.86 bits per heavy atom. The molecule has 0 radical (unpaired) electrons. The molecule has 0 aromatic carbocycles. The van der Waals surface area contributed by atoms with Gasteiger partial charge in [-0.3, -0.25) is 0 Å². The molecule has 1 atom stereocenters. The molecule has 1 aromatic rings. The average molecular weight is 308 g/mol. The Kier molecular flexibility index (Phi) is 6.37. The van der Waals surface area contributed by atoms with Crippen LogP contribution in [0.5, 0.6) is 0 Å². The molecule has 2 heterocycles. The standard InChI is InChI=1S/C17H29N3S/c1-14(2)20-9-5-6-16(12-20)11-19(3)17-8-7-15(10-18-17)13-21-4/h7-8,10,14,16H,5-6,9,11-13H2,1-4H3/t16-/m0/s1. The zero-order valence-corrected chi connectivity index (χ0v) is 14.7. The fourth-order valence-electron chi connectivity index (χ4n) is 3.09. The molecular formula is C17H29N3S. The van der Waals surface area contributed by atoms with Crippen molar-refractivity contribution in [1.29, 1.82) is 0 Å². The molecule has 1 aliphatic rings. The smallest absolute Gasteiger partial charge is 0.128 e. The van der Waals surface area contributed by atoms with E-state index in [1.807, 2.05) is 18.0 Å². The fraction of sp³-hybridized carbons (Fsp3) is 0.706. The van der Waals surface area contributed by atoms with E-state index in [1.165, 1.54) is 31.5 Å². The average Bonchev–Trinajstić information content (AvgIpc) is 2.48. The first-order valence-corrected chi connectivity index (χ1v) is 9.38. The van der Waals surface area contributed by atoms with Crippen LogP contribution < -0.4 is 4.90 Å². The lowest BCUT2D eigenvalue weighted by atomic mass is 9.96. The number of likely N-dealkylation sites (tertiary alicyclic amines) is 1. The predicted molar refractivity (Wildman–Crippen MR) is 94.2 cm³/mol. The van der Waals surface area contributed by atoms with E-state index in [-0.39, 0.29) is 0 Å². The summed E-state index contributed by atoms with van der Waals surface area (Å²) in [4.78, 5) is 9.54. The number of piperidine rings is 1. The van der Waals surface area contributed by atoms with Gasteiger partial charge in [0.1, 0.15) is 5.82 Å². The van der Waals surface area contributed by atoms with Crippen molar-refractivity contribution in [1.82, 2.24) is 9.88 Å². The molecule has 0 aliphatic carbocycles. The zero-order chi connectivity index (χ0) is 15.2. The van der Waals surface area contributed by atoms with E-state index in [0.29, 0.717) is 6.04 Å². The van der Waals surface area contributed by atoms with Crippen LogP contribution in [0.3, 0.4) is 0 Å². The Labute approximate surface area is 134 Å². The van der Waals surface area contributed by atoms with Crippen molar-refractivity contribution in [2.45, 2.75) is 38.5 Å². The minimum atomic E-state index is 0.669. The van der Waals surface area contributed by atoms with Crippen molar-refractivity contribution in [2.75, 3.05) is 37.8 Å². The maximum Gasteiger partial charge on any atom is 0.128 e. The molecule has 3 nitrogen and oxygen atoms in total. The summed E-state index contributed by atoms with van der Waals surface area (Å²) in [5, 5.41) is 0. The van der Waals surface area contributed by atoms with E-state index >= 15 is 0 Å². The summed E-state index contributed by atoms with van der Waals surface area (Å²) in [5.74, 6) is 2.91. The van der Waals surface area contributed by atoms with Crippen LogP contribution in [0.1, 0.15) is 32.3 Å². The summed E-state index contributed by atoms with van der Waals surface area (Å²) >= 11 is 1.84. The third-order valence-electron chi connectivity index (χ3n) is 4.32. The molecule has 0 amide bonds. The molecule has 1 saturated heterocycles. The van der Waals surface area contributed by atoms with Crippen LogP contribution in [-0.4, -0.2) is 48.9 Å². The SMILES string of the molecule is CSCc1ccc(N(C)C[C@@H]2CCCN(C(C)C)C2)nc1. The Hall–Kier alpha value is -0.740. The second-order valence-corrected chi connectivity index (χ2v) is 7.30. The molecule has 1 aliphatic heterocycles. The summed E-state index contributed by atoms with van der Waals surface area (Å²) < 4.78 is 0. The van der Waals surface area contributed by atoms with Crippen LogP contribution in [0.25, 0.3) is 0 Å². The summed E-state index contributed by atoms with van der Waals surface area (Å²) in [6, 6.07) is 5.03. The van der Waals surface area contributed by atoms with Crippen LogP contribution in [0.2, 0.25) is 0 Å². The van der Waals surface area contributed by atoms with E-state index in [1.54, 1.807) is 0 Å². The molecule has 4 heteroatoms. The molecule has 1 fully saturated rings. The zero-order valence-electron chi connectivity index (χ0n) is 13.9. The first-order chi connectivity index (χ1) is 10.1. The topological polar surface area (TPSA) is 19.4 Å². The van der Waals surface area contributed by atoms with Crippen LogP contribution in [-0.2, 0) is 5.75 Å². The fourth-order valence-corrected chi connectivity index (χ4v) is 3.59. The number of nitrogens with zero attached hydrogens (tertiary/aromatic N) is 3. The molecule has 21 heavy (non-hydrogen) atoms. The highest BCUT2D eigenvalue weighted by Crippen LogP contribution is 2.21. The molecule has 118 valence electrons. The van der Waals surface area contributed by atoms with Crippen molar-refractivity contribution in [3.63, 3.8) is 0 Å². The van der Waals surface area contributed by atoms with Crippen molar-refractivity contribution in [2.24, 2.45) is 5.92 Å². The van der Waals surface area contributed by atoms with E-state index < -0.39 is 0 Å². The Morgan fingerprint density at radius 1 is 1.43 bits per heavy atom. The van der Waals surface area contributed by atoms with Crippen molar-refractivity contribution in [3.8, 4) is 0 Å². The van der Waals surface area contributed by atoms with Gasteiger partial charge in [0.05, 0.1) is 0 Å². The number of hydrogen-bond acceptors (Lipinski definition) is 4. The predicted octanol–water partition coefficient (Wildman–Crippen LogP) is 3.50. The van der Waals surface area contributed by atoms with Gasteiger partial charge in [-0.1, -0.05) is 6.07 Å².